The molecule has 4 heavy (non-hydrogen) atoms. The van der Waals surface area contributed by atoms with Crippen molar-refractivity contribution in [3.63, 3.8) is 0 Å². The van der Waals surface area contributed by atoms with Crippen molar-refractivity contribution in [1.82, 2.24) is 0 Å². The minimum atomic E-state index is -0.523. The fourth-order valence-electron chi connectivity index (χ4n) is 0. The molecule has 0 aliphatic rings. The summed E-state index contributed by atoms with van der Waals surface area (Å²) in [5.41, 5.74) is 4.39. The van der Waals surface area contributed by atoms with Crippen LogP contribution < -0.4 is 5.73 Å². The Morgan fingerprint density at radius 3 is 2.00 bits per heavy atom. The molecule has 0 rings (SSSR count). The number of primary amides is 1. The summed E-state index contributed by atoms with van der Waals surface area (Å²) in [7, 11) is 0. The first-order valence-corrected chi connectivity index (χ1v) is 1.38. The third-order valence-electron chi connectivity index (χ3n) is 0. The second-order valence-electron chi connectivity index (χ2n) is 0.266. The van der Waals surface area contributed by atoms with Crippen LogP contribution in [0.4, 0.5) is 4.79 Å². The fraction of sp³-hybridized carbons (Fsp3) is 0. The topological polar surface area (TPSA) is 43.1 Å². The van der Waals surface area contributed by atoms with E-state index in [-0.39, 0.29) is 0 Å². The van der Waals surface area contributed by atoms with Gasteiger partial charge in [0, 0.05) is 0 Å². The predicted molar refractivity (Wildman–Crippen MR) is 9.58 cm³/mol. The molecule has 2 nitrogen and oxygen atoms in total. The van der Waals surface area contributed by atoms with Crippen LogP contribution in [0, 0.1) is 0 Å². The van der Waals surface area contributed by atoms with Crippen LogP contribution in [-0.2, 0) is 21.1 Å². The van der Waals surface area contributed by atoms with Gasteiger partial charge < -0.3 is 0 Å². The Labute approximate surface area is 36.3 Å². The van der Waals surface area contributed by atoms with Crippen LogP contribution in [0.2, 0.25) is 0 Å². The molecule has 28 valence electrons. The molecule has 0 bridgehead atoms. The monoisotopic (exact) mass is 151 g/mol. The number of carbonyl (C=O) groups excluding carboxylic acids is 1. The third kappa shape index (κ3) is 73.2. The van der Waals surface area contributed by atoms with Crippen LogP contribution in [0.3, 0.4) is 0 Å². The van der Waals surface area contributed by atoms with Crippen LogP contribution in [-0.4, -0.2) is 4.13 Å². The van der Waals surface area contributed by atoms with Crippen molar-refractivity contribution in [3.05, 3.63) is 0 Å². The van der Waals surface area contributed by atoms with E-state index in [9.17, 15) is 0 Å². The fourth-order valence-corrected chi connectivity index (χ4v) is 0. The van der Waals surface area contributed by atoms with E-state index in [1.54, 1.807) is 0 Å². The first kappa shape index (κ1) is 4.21. The Kier molecular flexibility index (Phi) is 1.60. The van der Waals surface area contributed by atoms with Crippen LogP contribution in [0.1, 0.15) is 0 Å². The number of rotatable bonds is 0. The van der Waals surface area contributed by atoms with Gasteiger partial charge in [0.25, 0.3) is 0 Å². The molecule has 0 spiro atoms. The molecule has 2 N–H and O–H groups in total. The van der Waals surface area contributed by atoms with E-state index in [0.29, 0.717) is 0 Å². The van der Waals surface area contributed by atoms with Crippen molar-refractivity contribution >= 4 is 4.13 Å². The normalized spacial score (nSPS) is 6.50. The molecule has 0 aromatic heterocycles. The van der Waals surface area contributed by atoms with Gasteiger partial charge in [-0.05, 0) is 0 Å². The number of hydrogen-bond acceptors (Lipinski definition) is 1. The SMILES string of the molecule is N[C](=O)[Ag]. The van der Waals surface area contributed by atoms with E-state index in [1.165, 1.54) is 0 Å². The summed E-state index contributed by atoms with van der Waals surface area (Å²) in [6.45, 7) is 0. The molecule has 0 aromatic carbocycles. The molecule has 0 aromatic rings. The molecular formula is CH2AgNO. The zero-order valence-corrected chi connectivity index (χ0v) is 3.27. The van der Waals surface area contributed by atoms with Gasteiger partial charge in [-0.1, -0.05) is 0 Å². The van der Waals surface area contributed by atoms with Crippen molar-refractivity contribution < 1.29 is 25.9 Å². The number of hydrogen-bond donors (Lipinski definition) is 1. The maximum absolute atomic E-state index is 9.14. The summed E-state index contributed by atoms with van der Waals surface area (Å²) < 4.78 is -0.523. The Morgan fingerprint density at radius 1 is 2.00 bits per heavy atom. The maximum atomic E-state index is 9.14. The van der Waals surface area contributed by atoms with Gasteiger partial charge in [-0.15, -0.1) is 0 Å². The van der Waals surface area contributed by atoms with Crippen molar-refractivity contribution in [2.24, 2.45) is 5.73 Å². The van der Waals surface area contributed by atoms with Crippen LogP contribution >= 0.6 is 0 Å². The van der Waals surface area contributed by atoms with Gasteiger partial charge in [0.15, 0.2) is 0 Å². The van der Waals surface area contributed by atoms with Crippen molar-refractivity contribution in [2.45, 2.75) is 0 Å². The third-order valence-corrected chi connectivity index (χ3v) is 0. The van der Waals surface area contributed by atoms with E-state index in [2.05, 4.69) is 26.8 Å². The number of carbonyl (C=O) groups is 1. The van der Waals surface area contributed by atoms with Gasteiger partial charge in [0.1, 0.15) is 0 Å². The Morgan fingerprint density at radius 2 is 2.00 bits per heavy atom. The van der Waals surface area contributed by atoms with E-state index in [4.69, 9.17) is 4.79 Å². The molecule has 0 aliphatic carbocycles. The Hall–Kier alpha value is 0.210. The zero-order valence-electron chi connectivity index (χ0n) is 1.79. The Bertz CT molecular complexity index is 31.0. The molecule has 0 saturated carbocycles. The van der Waals surface area contributed by atoms with Gasteiger partial charge in [0.05, 0.1) is 0 Å². The second-order valence-corrected chi connectivity index (χ2v) is 0.997. The molecule has 0 heterocycles. The van der Waals surface area contributed by atoms with Gasteiger partial charge in [-0.3, -0.25) is 0 Å². The molecule has 0 saturated heterocycles. The quantitative estimate of drug-likeness (QED) is 0.472. The van der Waals surface area contributed by atoms with Gasteiger partial charge in [-0.2, -0.15) is 0 Å². The average molecular weight is 152 g/mol. The van der Waals surface area contributed by atoms with Gasteiger partial charge >= 0.3 is 35.7 Å². The second kappa shape index (κ2) is 1.52. The number of amides is 1. The van der Waals surface area contributed by atoms with Crippen molar-refractivity contribution in [3.8, 4) is 0 Å². The van der Waals surface area contributed by atoms with Crippen molar-refractivity contribution in [2.75, 3.05) is 0 Å². The standard InChI is InChI=1S/CH2NO.Ag/c2-1-3;/h(H2,2,3);. The van der Waals surface area contributed by atoms with Crippen molar-refractivity contribution in [1.29, 1.82) is 0 Å². The summed E-state index contributed by atoms with van der Waals surface area (Å²) in [6.07, 6.45) is 0. The first-order valence-electron chi connectivity index (χ1n) is 0.644. The average Bonchev–Trinajstić information content (AvgIpc) is 0.811. The van der Waals surface area contributed by atoms with E-state index in [1.807, 2.05) is 0 Å². The Balaban J connectivity index is 2.80. The van der Waals surface area contributed by atoms with Crippen LogP contribution in [0.15, 0.2) is 0 Å². The summed E-state index contributed by atoms with van der Waals surface area (Å²) >= 11 is 2.42. The zero-order chi connectivity index (χ0) is 3.58. The molecule has 3 heteroatoms. The molecule has 0 aliphatic heterocycles. The van der Waals surface area contributed by atoms with Crippen LogP contribution in [0.25, 0.3) is 0 Å². The predicted octanol–water partition coefficient (Wildman–Crippen LogP) is -0.388. The van der Waals surface area contributed by atoms with Gasteiger partial charge in [0.2, 0.25) is 0 Å². The van der Waals surface area contributed by atoms with Gasteiger partial charge in [-0.25, -0.2) is 0 Å². The molecule has 1 amide bonds. The summed E-state index contributed by atoms with van der Waals surface area (Å²) in [5.74, 6) is 0. The minimum absolute atomic E-state index is 0.523. The van der Waals surface area contributed by atoms with E-state index >= 15 is 0 Å². The molecule has 0 radical (unpaired) electrons. The molecule has 0 unspecified atom stereocenters. The number of nitrogens with two attached hydrogens (primary N) is 1. The molecule has 0 fully saturated rings. The van der Waals surface area contributed by atoms with Crippen LogP contribution in [0.5, 0.6) is 0 Å². The summed E-state index contributed by atoms with van der Waals surface area (Å²) in [6, 6.07) is 0. The first-order chi connectivity index (χ1) is 1.73. The van der Waals surface area contributed by atoms with E-state index in [0.717, 1.165) is 0 Å². The summed E-state index contributed by atoms with van der Waals surface area (Å²) in [4.78, 5) is 9.14. The molecular weight excluding hydrogens is 150 g/mol. The molecule has 0 atom stereocenters. The van der Waals surface area contributed by atoms with E-state index < -0.39 is 4.13 Å². The summed E-state index contributed by atoms with van der Waals surface area (Å²) in [5, 5.41) is 0.